The first-order valence-corrected chi connectivity index (χ1v) is 10.8. The number of alkyl halides is 3. The third-order valence-corrected chi connectivity index (χ3v) is 5.36. The lowest BCUT2D eigenvalue weighted by Gasteiger charge is -2.34. The molecule has 0 radical (unpaired) electrons. The molecule has 1 saturated heterocycles. The highest BCUT2D eigenvalue weighted by molar-refractivity contribution is 5.92. The van der Waals surface area contributed by atoms with Gasteiger partial charge in [-0.05, 0) is 45.7 Å². The number of anilines is 1. The van der Waals surface area contributed by atoms with Crippen LogP contribution in [0.5, 0.6) is 0 Å². The number of H-pyrrole nitrogens is 1. The van der Waals surface area contributed by atoms with Gasteiger partial charge in [0.1, 0.15) is 11.2 Å². The molecule has 1 aliphatic heterocycles. The molecule has 2 N–H and O–H groups in total. The first-order valence-electron chi connectivity index (χ1n) is 10.8. The van der Waals surface area contributed by atoms with Gasteiger partial charge in [0.2, 0.25) is 5.95 Å². The largest absolute Gasteiger partial charge is 0.711 e. The van der Waals surface area contributed by atoms with Gasteiger partial charge in [-0.25, -0.2) is 24.5 Å². The second kappa shape index (κ2) is 8.65. The van der Waals surface area contributed by atoms with Crippen LogP contribution in [0.4, 0.5) is 23.9 Å². The molecule has 0 spiro atoms. The van der Waals surface area contributed by atoms with Gasteiger partial charge in [-0.15, -0.1) is 0 Å². The van der Waals surface area contributed by atoms with Crippen LogP contribution in [-0.2, 0) is 10.9 Å². The van der Waals surface area contributed by atoms with Crippen LogP contribution in [0, 0.1) is 5.21 Å². The molecular formula is C22H25F3N6O3. The number of halogens is 3. The average Bonchev–Trinajstić information content (AvgIpc) is 3.17. The lowest BCUT2D eigenvalue weighted by Crippen LogP contribution is -2.47. The number of rotatable bonds is 3. The Kier molecular flexibility index (Phi) is 6.00. The van der Waals surface area contributed by atoms with Crippen molar-refractivity contribution < 1.29 is 27.4 Å². The van der Waals surface area contributed by atoms with E-state index in [-0.39, 0.29) is 28.9 Å². The molecule has 1 atom stereocenters. The van der Waals surface area contributed by atoms with E-state index in [1.807, 2.05) is 0 Å². The summed E-state index contributed by atoms with van der Waals surface area (Å²) < 4.78 is 47.2. The van der Waals surface area contributed by atoms with Gasteiger partial charge in [-0.2, -0.15) is 13.2 Å². The number of hydrogen-bond donors (Lipinski definition) is 2. The molecule has 9 nitrogen and oxygen atoms in total. The number of ether oxygens (including phenoxy) is 1. The lowest BCUT2D eigenvalue weighted by molar-refractivity contribution is -0.579. The van der Waals surface area contributed by atoms with Crippen LogP contribution in [0.15, 0.2) is 30.7 Å². The summed E-state index contributed by atoms with van der Waals surface area (Å²) in [5.74, 6) is -0.000630. The maximum atomic E-state index is 13.7. The Bertz CT molecular complexity index is 1200. The molecular weight excluding hydrogens is 453 g/mol. The molecule has 0 saturated carbocycles. The van der Waals surface area contributed by atoms with E-state index < -0.39 is 23.4 Å². The van der Waals surface area contributed by atoms with Gasteiger partial charge in [-0.3, -0.25) is 0 Å². The van der Waals surface area contributed by atoms with Crippen molar-refractivity contribution in [3.8, 4) is 11.3 Å². The van der Waals surface area contributed by atoms with E-state index in [1.54, 1.807) is 31.7 Å². The molecule has 0 unspecified atom stereocenters. The molecule has 3 aromatic rings. The SMILES string of the molecule is CC(C)(C)OC(=O)N1CCC[C@H](Nc2ncc(C(F)(F)F)c(-c3c[nH]c4c3ccc[n+]4[O-])n2)C1. The highest BCUT2D eigenvalue weighted by Crippen LogP contribution is 2.38. The molecule has 1 amide bonds. The van der Waals surface area contributed by atoms with Gasteiger partial charge < -0.3 is 20.2 Å². The van der Waals surface area contributed by atoms with E-state index in [1.165, 1.54) is 18.5 Å². The monoisotopic (exact) mass is 478 g/mol. The summed E-state index contributed by atoms with van der Waals surface area (Å²) in [6, 6.07) is 2.73. The molecule has 1 aliphatic rings. The third kappa shape index (κ3) is 5.00. The van der Waals surface area contributed by atoms with Gasteiger partial charge in [0.25, 0.3) is 5.65 Å². The molecule has 0 aromatic carbocycles. The number of aromatic amines is 1. The minimum absolute atomic E-state index is 0.000630. The third-order valence-electron chi connectivity index (χ3n) is 5.36. The summed E-state index contributed by atoms with van der Waals surface area (Å²) in [6.07, 6.45) is -0.467. The quantitative estimate of drug-likeness (QED) is 0.434. The van der Waals surface area contributed by atoms with Crippen molar-refractivity contribution in [2.24, 2.45) is 0 Å². The Morgan fingerprint density at radius 2 is 2.12 bits per heavy atom. The molecule has 1 fully saturated rings. The Morgan fingerprint density at radius 1 is 1.35 bits per heavy atom. The Labute approximate surface area is 193 Å². The zero-order valence-corrected chi connectivity index (χ0v) is 18.9. The predicted molar refractivity (Wildman–Crippen MR) is 118 cm³/mol. The van der Waals surface area contributed by atoms with Crippen molar-refractivity contribution >= 4 is 23.1 Å². The predicted octanol–water partition coefficient (Wildman–Crippen LogP) is 4.09. The number of carbonyl (C=O) groups is 1. The van der Waals surface area contributed by atoms with Crippen molar-refractivity contribution in [2.75, 3.05) is 18.4 Å². The second-order valence-corrected chi connectivity index (χ2v) is 9.16. The first kappa shape index (κ1) is 23.6. The molecule has 3 aromatic heterocycles. The normalized spacial score (nSPS) is 17.1. The van der Waals surface area contributed by atoms with Crippen molar-refractivity contribution in [3.63, 3.8) is 0 Å². The minimum atomic E-state index is -4.70. The fraction of sp³-hybridized carbons (Fsp3) is 0.455. The summed E-state index contributed by atoms with van der Waals surface area (Å²) in [5.41, 5.74) is -1.73. The fourth-order valence-electron chi connectivity index (χ4n) is 3.90. The Hall–Kier alpha value is -3.57. The van der Waals surface area contributed by atoms with Crippen LogP contribution in [0.25, 0.3) is 22.3 Å². The van der Waals surface area contributed by atoms with E-state index in [0.29, 0.717) is 36.0 Å². The van der Waals surface area contributed by atoms with Gasteiger partial charge in [0.15, 0.2) is 0 Å². The van der Waals surface area contributed by atoms with Gasteiger partial charge in [-0.1, -0.05) is 0 Å². The second-order valence-electron chi connectivity index (χ2n) is 9.16. The molecule has 34 heavy (non-hydrogen) atoms. The number of nitrogens with one attached hydrogen (secondary N) is 2. The van der Waals surface area contributed by atoms with E-state index in [0.717, 1.165) is 6.20 Å². The van der Waals surface area contributed by atoms with Crippen LogP contribution >= 0.6 is 0 Å². The standard InChI is InChI=1S/C22H25F3N6O3/c1-21(2,3)34-20(32)30-8-4-6-13(12-30)28-19-27-11-16(22(23,24)25)17(29-19)15-10-26-18-14(15)7-5-9-31(18)33/h5,7,9-11,13,26H,4,6,8,12H2,1-3H3,(H,27,28,29)/t13-/m0/s1. The number of amides is 1. The summed E-state index contributed by atoms with van der Waals surface area (Å²) in [7, 11) is 0. The molecule has 12 heteroatoms. The summed E-state index contributed by atoms with van der Waals surface area (Å²) in [6.45, 7) is 6.16. The summed E-state index contributed by atoms with van der Waals surface area (Å²) in [4.78, 5) is 24.8. The van der Waals surface area contributed by atoms with E-state index in [4.69, 9.17) is 4.74 Å². The molecule has 4 heterocycles. The number of piperidine rings is 1. The maximum Gasteiger partial charge on any atom is 0.419 e. The molecule has 4 rings (SSSR count). The van der Waals surface area contributed by atoms with Crippen LogP contribution in [0.2, 0.25) is 0 Å². The number of fused-ring (bicyclic) bond motifs is 1. The van der Waals surface area contributed by atoms with E-state index >= 15 is 0 Å². The zero-order chi connectivity index (χ0) is 24.7. The number of pyridine rings is 1. The smallest absolute Gasteiger partial charge is 0.419 e. The van der Waals surface area contributed by atoms with Crippen LogP contribution in [-0.4, -0.2) is 50.7 Å². The number of carbonyl (C=O) groups excluding carboxylic acids is 1. The minimum Gasteiger partial charge on any atom is -0.711 e. The first-order chi connectivity index (χ1) is 15.9. The zero-order valence-electron chi connectivity index (χ0n) is 18.9. The van der Waals surface area contributed by atoms with Gasteiger partial charge >= 0.3 is 12.3 Å². The van der Waals surface area contributed by atoms with Crippen molar-refractivity contribution in [1.29, 1.82) is 0 Å². The van der Waals surface area contributed by atoms with Crippen molar-refractivity contribution in [3.05, 3.63) is 41.5 Å². The van der Waals surface area contributed by atoms with E-state index in [9.17, 15) is 23.2 Å². The van der Waals surface area contributed by atoms with Crippen LogP contribution in [0.3, 0.4) is 0 Å². The maximum absolute atomic E-state index is 13.7. The summed E-state index contributed by atoms with van der Waals surface area (Å²) in [5, 5.41) is 15.3. The highest BCUT2D eigenvalue weighted by Gasteiger charge is 2.37. The van der Waals surface area contributed by atoms with Gasteiger partial charge in [0.05, 0.1) is 29.0 Å². The number of likely N-dealkylation sites (tertiary alicyclic amines) is 1. The topological polar surface area (TPSA) is 110 Å². The highest BCUT2D eigenvalue weighted by atomic mass is 19.4. The van der Waals surface area contributed by atoms with Crippen molar-refractivity contribution in [2.45, 2.75) is 51.4 Å². The Morgan fingerprint density at radius 3 is 2.82 bits per heavy atom. The average molecular weight is 478 g/mol. The molecule has 0 bridgehead atoms. The lowest BCUT2D eigenvalue weighted by atomic mass is 10.1. The molecule has 182 valence electrons. The Balaban J connectivity index is 1.63. The molecule has 0 aliphatic carbocycles. The van der Waals surface area contributed by atoms with Crippen molar-refractivity contribution in [1.82, 2.24) is 19.9 Å². The fourth-order valence-corrected chi connectivity index (χ4v) is 3.90. The number of aromatic nitrogens is 4. The van der Waals surface area contributed by atoms with E-state index in [2.05, 4.69) is 20.3 Å². The summed E-state index contributed by atoms with van der Waals surface area (Å²) >= 11 is 0. The number of nitrogens with zero attached hydrogens (tertiary/aromatic N) is 4. The van der Waals surface area contributed by atoms with Crippen LogP contribution < -0.4 is 10.0 Å². The number of hydrogen-bond acceptors (Lipinski definition) is 6. The van der Waals surface area contributed by atoms with Gasteiger partial charge in [0, 0.05) is 25.3 Å². The van der Waals surface area contributed by atoms with Crippen LogP contribution in [0.1, 0.15) is 39.2 Å².